The van der Waals surface area contributed by atoms with E-state index in [0.29, 0.717) is 6.42 Å². The minimum absolute atomic E-state index is 0.0867. The van der Waals surface area contributed by atoms with Crippen LogP contribution in [0.4, 0.5) is 0 Å². The first-order chi connectivity index (χ1) is 8.02. The van der Waals surface area contributed by atoms with Crippen molar-refractivity contribution >= 4 is 24.2 Å². The number of ether oxygens (including phenoxy) is 1. The largest absolute Gasteiger partial charge is 0.394 e. The first kappa shape index (κ1) is 12.7. The molecule has 2 rings (SSSR count). The number of nitrogens with one attached hydrogen (secondary N) is 1. The zero-order chi connectivity index (χ0) is 12.6. The van der Waals surface area contributed by atoms with Gasteiger partial charge in [0.2, 0.25) is 0 Å². The van der Waals surface area contributed by atoms with Crippen LogP contribution in [0.3, 0.4) is 0 Å². The van der Waals surface area contributed by atoms with Crippen molar-refractivity contribution in [3.63, 3.8) is 0 Å². The standard InChI is InChI=1S/C9H11ClN2O4S/c10-4-2-12(9(15)11-8(4)14)7-1-6(17)5(3-13)16-7/h2,5-7,13,17H,1,3H2,(H,11,14,15)/t5-,6?,7-/m0/s1. The maximum absolute atomic E-state index is 11.6. The van der Waals surface area contributed by atoms with Crippen LogP contribution in [0.5, 0.6) is 0 Å². The molecule has 1 aromatic rings. The number of aromatic nitrogens is 2. The van der Waals surface area contributed by atoms with Gasteiger partial charge in [0.1, 0.15) is 11.3 Å². The highest BCUT2D eigenvalue weighted by Crippen LogP contribution is 2.30. The normalized spacial score (nSPS) is 28.5. The molecule has 1 saturated heterocycles. The number of thiol groups is 1. The van der Waals surface area contributed by atoms with Gasteiger partial charge in [-0.15, -0.1) is 0 Å². The lowest BCUT2D eigenvalue weighted by Crippen LogP contribution is -2.32. The second-order valence-electron chi connectivity index (χ2n) is 3.76. The number of aliphatic hydroxyl groups is 1. The van der Waals surface area contributed by atoms with Crippen molar-refractivity contribution in [3.05, 3.63) is 32.1 Å². The zero-order valence-electron chi connectivity index (χ0n) is 8.67. The molecule has 0 aliphatic carbocycles. The van der Waals surface area contributed by atoms with E-state index in [1.54, 1.807) is 0 Å². The predicted molar refractivity (Wildman–Crippen MR) is 64.7 cm³/mol. The van der Waals surface area contributed by atoms with Gasteiger partial charge in [0.25, 0.3) is 5.56 Å². The Bertz CT molecular complexity index is 528. The number of rotatable bonds is 2. The van der Waals surface area contributed by atoms with E-state index in [-0.39, 0.29) is 16.9 Å². The molecule has 1 aliphatic rings. The first-order valence-corrected chi connectivity index (χ1v) is 5.87. The number of aliphatic hydroxyl groups excluding tert-OH is 1. The van der Waals surface area contributed by atoms with Crippen molar-refractivity contribution in [1.82, 2.24) is 9.55 Å². The van der Waals surface area contributed by atoms with Crippen molar-refractivity contribution in [3.8, 4) is 0 Å². The molecule has 17 heavy (non-hydrogen) atoms. The van der Waals surface area contributed by atoms with Crippen LogP contribution >= 0.6 is 24.2 Å². The lowest BCUT2D eigenvalue weighted by atomic mass is 10.2. The number of halogens is 1. The van der Waals surface area contributed by atoms with E-state index in [9.17, 15) is 9.59 Å². The third kappa shape index (κ3) is 2.42. The van der Waals surface area contributed by atoms with Crippen LogP contribution in [0.1, 0.15) is 12.6 Å². The Kier molecular flexibility index (Phi) is 3.62. The van der Waals surface area contributed by atoms with Gasteiger partial charge in [0.05, 0.1) is 12.7 Å². The van der Waals surface area contributed by atoms with Gasteiger partial charge in [-0.3, -0.25) is 14.3 Å². The highest BCUT2D eigenvalue weighted by Gasteiger charge is 2.34. The third-order valence-corrected chi connectivity index (χ3v) is 3.43. The van der Waals surface area contributed by atoms with Gasteiger partial charge in [0, 0.05) is 17.9 Å². The van der Waals surface area contributed by atoms with Crippen molar-refractivity contribution < 1.29 is 9.84 Å². The summed E-state index contributed by atoms with van der Waals surface area (Å²) < 4.78 is 6.64. The van der Waals surface area contributed by atoms with Gasteiger partial charge in [-0.05, 0) is 0 Å². The van der Waals surface area contributed by atoms with Gasteiger partial charge in [-0.25, -0.2) is 4.79 Å². The summed E-state index contributed by atoms with van der Waals surface area (Å²) in [6.07, 6.45) is 0.682. The van der Waals surface area contributed by atoms with Crippen molar-refractivity contribution in [1.29, 1.82) is 0 Å². The highest BCUT2D eigenvalue weighted by molar-refractivity contribution is 7.81. The van der Waals surface area contributed by atoms with Gasteiger partial charge in [-0.2, -0.15) is 12.6 Å². The van der Waals surface area contributed by atoms with Crippen molar-refractivity contribution in [2.45, 2.75) is 24.0 Å². The fraction of sp³-hybridized carbons (Fsp3) is 0.556. The summed E-state index contributed by atoms with van der Waals surface area (Å²) in [6, 6.07) is 0. The van der Waals surface area contributed by atoms with Crippen LogP contribution in [0, 0.1) is 0 Å². The monoisotopic (exact) mass is 278 g/mol. The molecule has 6 nitrogen and oxygen atoms in total. The molecule has 0 saturated carbocycles. The molecule has 0 spiro atoms. The van der Waals surface area contributed by atoms with Crippen LogP contribution < -0.4 is 11.2 Å². The molecule has 1 aliphatic heterocycles. The second-order valence-corrected chi connectivity index (χ2v) is 4.83. The Morgan fingerprint density at radius 2 is 2.35 bits per heavy atom. The molecular formula is C9H11ClN2O4S. The average Bonchev–Trinajstić information content (AvgIpc) is 2.65. The molecule has 0 radical (unpaired) electrons. The van der Waals surface area contributed by atoms with Gasteiger partial charge < -0.3 is 9.84 Å². The lowest BCUT2D eigenvalue weighted by molar-refractivity contribution is -0.0236. The number of hydrogen-bond acceptors (Lipinski definition) is 5. The number of aromatic amines is 1. The van der Waals surface area contributed by atoms with E-state index < -0.39 is 23.6 Å². The summed E-state index contributed by atoms with van der Waals surface area (Å²) >= 11 is 9.90. The Hall–Kier alpha value is -0.760. The summed E-state index contributed by atoms with van der Waals surface area (Å²) in [7, 11) is 0. The molecule has 0 bridgehead atoms. The Morgan fingerprint density at radius 1 is 1.65 bits per heavy atom. The van der Waals surface area contributed by atoms with E-state index in [1.165, 1.54) is 10.8 Å². The maximum atomic E-state index is 11.6. The van der Waals surface area contributed by atoms with Gasteiger partial charge in [0.15, 0.2) is 0 Å². The van der Waals surface area contributed by atoms with Crippen LogP contribution in [0.2, 0.25) is 5.02 Å². The summed E-state index contributed by atoms with van der Waals surface area (Å²) in [5, 5.41) is 8.77. The lowest BCUT2D eigenvalue weighted by Gasteiger charge is -2.14. The zero-order valence-corrected chi connectivity index (χ0v) is 10.3. The van der Waals surface area contributed by atoms with E-state index in [1.807, 2.05) is 0 Å². The molecule has 94 valence electrons. The van der Waals surface area contributed by atoms with Gasteiger partial charge >= 0.3 is 5.69 Å². The number of hydrogen-bond donors (Lipinski definition) is 3. The fourth-order valence-electron chi connectivity index (χ4n) is 1.72. The summed E-state index contributed by atoms with van der Waals surface area (Å²) in [6.45, 7) is -0.170. The molecular weight excluding hydrogens is 268 g/mol. The number of H-pyrrole nitrogens is 1. The Morgan fingerprint density at radius 3 is 2.94 bits per heavy atom. The quantitative estimate of drug-likeness (QED) is 0.653. The molecule has 0 aromatic carbocycles. The highest BCUT2D eigenvalue weighted by atomic mass is 35.5. The second kappa shape index (κ2) is 4.85. The molecule has 8 heteroatoms. The molecule has 1 fully saturated rings. The van der Waals surface area contributed by atoms with Crippen molar-refractivity contribution in [2.75, 3.05) is 6.61 Å². The summed E-state index contributed by atoms with van der Waals surface area (Å²) in [5.74, 6) is 0. The maximum Gasteiger partial charge on any atom is 0.330 e. The fourth-order valence-corrected chi connectivity index (χ4v) is 2.22. The minimum atomic E-state index is -0.632. The first-order valence-electron chi connectivity index (χ1n) is 4.98. The molecule has 0 amide bonds. The van der Waals surface area contributed by atoms with Crippen LogP contribution in [0.25, 0.3) is 0 Å². The molecule has 1 aromatic heterocycles. The predicted octanol–water partition coefficient (Wildman–Crippen LogP) is -0.232. The Labute approximate surface area is 107 Å². The number of nitrogens with zero attached hydrogens (tertiary/aromatic N) is 1. The summed E-state index contributed by atoms with van der Waals surface area (Å²) in [5.41, 5.74) is -1.23. The summed E-state index contributed by atoms with van der Waals surface area (Å²) in [4.78, 5) is 24.7. The third-order valence-electron chi connectivity index (χ3n) is 2.62. The average molecular weight is 279 g/mol. The smallest absolute Gasteiger partial charge is 0.330 e. The SMILES string of the molecule is O=c1[nH]c(=O)n([C@@H]2CC(S)[C@H](CO)O2)cc1Cl. The Balaban J connectivity index is 2.34. The topological polar surface area (TPSA) is 84.3 Å². The van der Waals surface area contributed by atoms with Crippen LogP contribution in [-0.4, -0.2) is 32.6 Å². The van der Waals surface area contributed by atoms with E-state index in [0.717, 1.165) is 0 Å². The van der Waals surface area contributed by atoms with Crippen molar-refractivity contribution in [2.24, 2.45) is 0 Å². The minimum Gasteiger partial charge on any atom is -0.394 e. The molecule has 2 N–H and O–H groups in total. The molecule has 2 heterocycles. The molecule has 3 atom stereocenters. The van der Waals surface area contributed by atoms with E-state index in [4.69, 9.17) is 21.4 Å². The van der Waals surface area contributed by atoms with Crippen LogP contribution in [0.15, 0.2) is 15.8 Å². The van der Waals surface area contributed by atoms with Gasteiger partial charge in [-0.1, -0.05) is 11.6 Å². The molecule has 1 unspecified atom stereocenters. The van der Waals surface area contributed by atoms with E-state index >= 15 is 0 Å². The van der Waals surface area contributed by atoms with Crippen LogP contribution in [-0.2, 0) is 4.74 Å². The van der Waals surface area contributed by atoms with E-state index in [2.05, 4.69) is 17.6 Å².